The number of carbonyl (C=O) groups excluding carboxylic acids is 1. The average molecular weight is 233 g/mol. The number of hydrogen-bond donors (Lipinski definition) is 0. The highest BCUT2D eigenvalue weighted by Crippen LogP contribution is 2.23. The molecule has 0 aliphatic carbocycles. The van der Waals surface area contributed by atoms with Crippen molar-refractivity contribution in [3.63, 3.8) is 0 Å². The van der Waals surface area contributed by atoms with Gasteiger partial charge in [-0.15, -0.1) is 11.6 Å². The van der Waals surface area contributed by atoms with Gasteiger partial charge in [-0.05, 0) is 25.5 Å². The van der Waals surface area contributed by atoms with E-state index in [4.69, 9.17) is 11.6 Å². The van der Waals surface area contributed by atoms with Crippen molar-refractivity contribution >= 4 is 17.4 Å². The molecule has 15 heavy (non-hydrogen) atoms. The highest BCUT2D eigenvalue weighted by molar-refractivity contribution is 6.33. The van der Waals surface area contributed by atoms with E-state index >= 15 is 0 Å². The summed E-state index contributed by atoms with van der Waals surface area (Å²) in [5.41, 5.74) is 0.786. The summed E-state index contributed by atoms with van der Waals surface area (Å²) in [4.78, 5) is 11.6. The molecule has 0 heterocycles. The van der Waals surface area contributed by atoms with E-state index in [1.165, 1.54) is 25.1 Å². The van der Waals surface area contributed by atoms with Crippen molar-refractivity contribution in [2.45, 2.75) is 25.7 Å². The van der Waals surface area contributed by atoms with E-state index in [1.807, 2.05) is 0 Å². The molecule has 1 rings (SSSR count). The second-order valence-electron chi connectivity index (χ2n) is 3.36. The van der Waals surface area contributed by atoms with Gasteiger partial charge in [0.1, 0.15) is 0 Å². The lowest BCUT2D eigenvalue weighted by Crippen LogP contribution is -2.12. The number of Topliss-reactive ketones (excluding diaryl/α,β-unsaturated/α-hetero) is 1. The SMILES string of the molecule is Cc1ccc(C(F)F)cc1C(=O)C(C)Cl. The minimum absolute atomic E-state index is 0.152. The zero-order valence-corrected chi connectivity index (χ0v) is 9.18. The molecule has 1 aromatic carbocycles. The maximum absolute atomic E-state index is 12.4. The predicted molar refractivity (Wildman–Crippen MR) is 55.8 cm³/mol. The first-order chi connectivity index (χ1) is 6.93. The Morgan fingerprint density at radius 2 is 2.00 bits per heavy atom. The summed E-state index contributed by atoms with van der Waals surface area (Å²) >= 11 is 5.63. The average Bonchev–Trinajstić information content (AvgIpc) is 2.16. The minimum Gasteiger partial charge on any atom is -0.293 e. The number of alkyl halides is 3. The Hall–Kier alpha value is -0.960. The zero-order valence-electron chi connectivity index (χ0n) is 8.43. The Bertz CT molecular complexity index is 375. The standard InChI is InChI=1S/C11H11ClF2O/c1-6-3-4-8(11(13)14)5-9(6)10(15)7(2)12/h3-5,7,11H,1-2H3. The molecule has 82 valence electrons. The van der Waals surface area contributed by atoms with Crippen LogP contribution in [0.4, 0.5) is 8.78 Å². The molecule has 1 nitrogen and oxygen atoms in total. The summed E-state index contributed by atoms with van der Waals surface area (Å²) in [6.07, 6.45) is -2.57. The molecule has 0 N–H and O–H groups in total. The van der Waals surface area contributed by atoms with Crippen LogP contribution in [-0.4, -0.2) is 11.2 Å². The molecule has 0 saturated heterocycles. The van der Waals surface area contributed by atoms with Gasteiger partial charge >= 0.3 is 0 Å². The molecule has 1 aromatic rings. The van der Waals surface area contributed by atoms with Crippen LogP contribution in [0.25, 0.3) is 0 Å². The van der Waals surface area contributed by atoms with Crippen LogP contribution in [-0.2, 0) is 0 Å². The van der Waals surface area contributed by atoms with Crippen molar-refractivity contribution < 1.29 is 13.6 Å². The Kier molecular flexibility index (Phi) is 3.80. The van der Waals surface area contributed by atoms with E-state index in [9.17, 15) is 13.6 Å². The van der Waals surface area contributed by atoms with Crippen LogP contribution in [0, 0.1) is 6.92 Å². The van der Waals surface area contributed by atoms with Crippen molar-refractivity contribution in [3.05, 3.63) is 34.9 Å². The summed E-state index contributed by atoms with van der Waals surface area (Å²) in [7, 11) is 0. The maximum atomic E-state index is 12.4. The first-order valence-corrected chi connectivity index (χ1v) is 4.94. The zero-order chi connectivity index (χ0) is 11.6. The Morgan fingerprint density at radius 3 is 2.47 bits per heavy atom. The fourth-order valence-electron chi connectivity index (χ4n) is 1.26. The van der Waals surface area contributed by atoms with Crippen LogP contribution >= 0.6 is 11.6 Å². The largest absolute Gasteiger partial charge is 0.293 e. The van der Waals surface area contributed by atoms with Crippen LogP contribution < -0.4 is 0 Å². The van der Waals surface area contributed by atoms with Crippen molar-refractivity contribution in [3.8, 4) is 0 Å². The Labute approximate surface area is 92.1 Å². The number of rotatable bonds is 3. The van der Waals surface area contributed by atoms with Gasteiger partial charge in [0.05, 0.1) is 5.38 Å². The predicted octanol–water partition coefficient (Wildman–Crippen LogP) is 3.74. The summed E-state index contributed by atoms with van der Waals surface area (Å²) in [5, 5.41) is -0.698. The first-order valence-electron chi connectivity index (χ1n) is 4.50. The van der Waals surface area contributed by atoms with Crippen LogP contribution in [0.5, 0.6) is 0 Å². The third-order valence-corrected chi connectivity index (χ3v) is 2.34. The minimum atomic E-state index is -2.57. The van der Waals surface area contributed by atoms with Gasteiger partial charge in [0.2, 0.25) is 0 Å². The maximum Gasteiger partial charge on any atom is 0.263 e. The third kappa shape index (κ3) is 2.75. The first kappa shape index (κ1) is 12.1. The number of hydrogen-bond acceptors (Lipinski definition) is 1. The molecule has 0 amide bonds. The molecule has 1 unspecified atom stereocenters. The monoisotopic (exact) mass is 232 g/mol. The topological polar surface area (TPSA) is 17.1 Å². The number of carbonyl (C=O) groups is 1. The normalized spacial score (nSPS) is 12.9. The van der Waals surface area contributed by atoms with E-state index < -0.39 is 11.8 Å². The van der Waals surface area contributed by atoms with Gasteiger partial charge in [-0.1, -0.05) is 12.1 Å². The molecule has 0 saturated carbocycles. The molecule has 0 aromatic heterocycles. The molecule has 1 atom stereocenters. The van der Waals surface area contributed by atoms with Crippen molar-refractivity contribution in [2.75, 3.05) is 0 Å². The molecule has 0 bridgehead atoms. The molecule has 0 radical (unpaired) electrons. The molecule has 4 heteroatoms. The summed E-state index contributed by atoms with van der Waals surface area (Å²) in [6, 6.07) is 4.03. The van der Waals surface area contributed by atoms with Gasteiger partial charge in [0.25, 0.3) is 6.43 Å². The molecular formula is C11H11ClF2O. The van der Waals surface area contributed by atoms with Gasteiger partial charge in [0.15, 0.2) is 5.78 Å². The van der Waals surface area contributed by atoms with Gasteiger partial charge in [-0.2, -0.15) is 0 Å². The molecule has 0 aliphatic rings. The lowest BCUT2D eigenvalue weighted by molar-refractivity contribution is 0.0990. The lowest BCUT2D eigenvalue weighted by atomic mass is 10.00. The second-order valence-corrected chi connectivity index (χ2v) is 4.01. The smallest absolute Gasteiger partial charge is 0.263 e. The highest BCUT2D eigenvalue weighted by atomic mass is 35.5. The fraction of sp³-hybridized carbons (Fsp3) is 0.364. The Balaban J connectivity index is 3.16. The van der Waals surface area contributed by atoms with Crippen LogP contribution in [0.15, 0.2) is 18.2 Å². The van der Waals surface area contributed by atoms with E-state index in [0.717, 1.165) is 0 Å². The van der Waals surface area contributed by atoms with Crippen molar-refractivity contribution in [2.24, 2.45) is 0 Å². The van der Waals surface area contributed by atoms with Gasteiger partial charge in [0, 0.05) is 11.1 Å². The second kappa shape index (κ2) is 4.71. The van der Waals surface area contributed by atoms with Crippen LogP contribution in [0.2, 0.25) is 0 Å². The number of halogens is 3. The lowest BCUT2D eigenvalue weighted by Gasteiger charge is -2.08. The summed E-state index contributed by atoms with van der Waals surface area (Å²) in [6.45, 7) is 3.22. The van der Waals surface area contributed by atoms with Crippen molar-refractivity contribution in [1.29, 1.82) is 0 Å². The quantitative estimate of drug-likeness (QED) is 0.573. The molecular weight excluding hydrogens is 222 g/mol. The van der Waals surface area contributed by atoms with Crippen LogP contribution in [0.1, 0.15) is 34.8 Å². The Morgan fingerprint density at radius 1 is 1.40 bits per heavy atom. The van der Waals surface area contributed by atoms with Gasteiger partial charge < -0.3 is 0 Å². The van der Waals surface area contributed by atoms with E-state index in [-0.39, 0.29) is 16.9 Å². The number of ketones is 1. The highest BCUT2D eigenvalue weighted by Gasteiger charge is 2.17. The van der Waals surface area contributed by atoms with Crippen molar-refractivity contribution in [1.82, 2.24) is 0 Å². The van der Waals surface area contributed by atoms with Gasteiger partial charge in [-0.25, -0.2) is 8.78 Å². The fourth-order valence-corrected chi connectivity index (χ4v) is 1.37. The van der Waals surface area contributed by atoms with Crippen LogP contribution in [0.3, 0.4) is 0 Å². The molecule has 0 fully saturated rings. The summed E-state index contributed by atoms with van der Waals surface area (Å²) < 4.78 is 24.8. The molecule has 0 aliphatic heterocycles. The van der Waals surface area contributed by atoms with E-state index in [2.05, 4.69) is 0 Å². The summed E-state index contributed by atoms with van der Waals surface area (Å²) in [5.74, 6) is -0.323. The van der Waals surface area contributed by atoms with Gasteiger partial charge in [-0.3, -0.25) is 4.79 Å². The van der Waals surface area contributed by atoms with E-state index in [1.54, 1.807) is 6.92 Å². The number of benzene rings is 1. The number of aryl methyl sites for hydroxylation is 1. The van der Waals surface area contributed by atoms with E-state index in [0.29, 0.717) is 5.56 Å². The third-order valence-electron chi connectivity index (χ3n) is 2.14. The molecule has 0 spiro atoms.